The molecule has 1 aromatic rings. The molecule has 6 heteroatoms. The molecule has 1 aliphatic heterocycles. The van der Waals surface area contributed by atoms with Gasteiger partial charge in [0.25, 0.3) is 0 Å². The van der Waals surface area contributed by atoms with Crippen molar-refractivity contribution in [1.29, 1.82) is 0 Å². The van der Waals surface area contributed by atoms with Gasteiger partial charge in [-0.15, -0.1) is 5.54 Å². The normalized spacial score (nSPS) is 21.1. The molecule has 0 spiro atoms. The Kier molecular flexibility index (Phi) is 3.93. The van der Waals surface area contributed by atoms with E-state index in [1.165, 1.54) is 0 Å². The van der Waals surface area contributed by atoms with E-state index in [4.69, 9.17) is 5.73 Å². The van der Waals surface area contributed by atoms with E-state index in [9.17, 15) is 5.21 Å². The second-order valence-electron chi connectivity index (χ2n) is 6.44. The summed E-state index contributed by atoms with van der Waals surface area (Å²) in [4.78, 5) is 8.35. The van der Waals surface area contributed by atoms with Crippen LogP contribution < -0.4 is 10.4 Å². The molecule has 0 amide bonds. The van der Waals surface area contributed by atoms with E-state index < -0.39 is 12.7 Å². The lowest BCUT2D eigenvalue weighted by molar-refractivity contribution is 0.409. The van der Waals surface area contributed by atoms with Crippen LogP contribution in [0.25, 0.3) is 6.08 Å². The molecule has 2 rings (SSSR count). The predicted octanol–water partition coefficient (Wildman–Crippen LogP) is 2.47. The first kappa shape index (κ1) is 15.7. The lowest BCUT2D eigenvalue weighted by Gasteiger charge is -2.42. The summed E-state index contributed by atoms with van der Waals surface area (Å²) in [5.74, 6) is 3.82. The number of rotatable bonds is 1. The predicted molar refractivity (Wildman–Crippen MR) is 90.8 cm³/mol. The number of fused-ring (bicyclic) bond motifs is 1. The van der Waals surface area contributed by atoms with Crippen molar-refractivity contribution in [2.75, 3.05) is 18.8 Å². The lowest BCUT2D eigenvalue weighted by Crippen LogP contribution is -2.47. The standard InChI is InChI=1S/C15H22N4OSi/c1-6-19(20)10-12(7-8-21(3,4)5)9-13-11(2)17-15(16)18-14(13)19/h9H,6,10H2,1-5H3,(H2,16,17,18). The van der Waals surface area contributed by atoms with E-state index in [2.05, 4.69) is 41.1 Å². The second-order valence-corrected chi connectivity index (χ2v) is 11.2. The van der Waals surface area contributed by atoms with E-state index in [1.807, 2.05) is 19.9 Å². The first-order chi connectivity index (χ1) is 9.64. The van der Waals surface area contributed by atoms with Gasteiger partial charge in [-0.1, -0.05) is 25.6 Å². The van der Waals surface area contributed by atoms with Crippen LogP contribution in [0.1, 0.15) is 18.2 Å². The number of hydrogen-bond donors (Lipinski definition) is 1. The molecule has 0 aliphatic carbocycles. The highest BCUT2D eigenvalue weighted by atomic mass is 28.3. The van der Waals surface area contributed by atoms with Crippen LogP contribution in [0, 0.1) is 23.6 Å². The molecule has 1 unspecified atom stereocenters. The van der Waals surface area contributed by atoms with Crippen molar-refractivity contribution >= 4 is 25.9 Å². The molecular formula is C15H22N4OSi. The van der Waals surface area contributed by atoms with E-state index >= 15 is 0 Å². The van der Waals surface area contributed by atoms with Gasteiger partial charge in [0.05, 0.1) is 23.4 Å². The summed E-state index contributed by atoms with van der Waals surface area (Å²) in [6, 6.07) is 0. The van der Waals surface area contributed by atoms with Gasteiger partial charge < -0.3 is 15.6 Å². The average molecular weight is 302 g/mol. The molecule has 5 nitrogen and oxygen atoms in total. The molecule has 0 saturated heterocycles. The third-order valence-corrected chi connectivity index (χ3v) is 4.25. The maximum absolute atomic E-state index is 13.0. The fourth-order valence-corrected chi connectivity index (χ4v) is 2.78. The molecule has 0 radical (unpaired) electrons. The van der Waals surface area contributed by atoms with E-state index in [0.29, 0.717) is 18.9 Å². The average Bonchev–Trinajstić information content (AvgIpc) is 2.37. The summed E-state index contributed by atoms with van der Waals surface area (Å²) in [6.07, 6.45) is 1.95. The molecular weight excluding hydrogens is 280 g/mol. The summed E-state index contributed by atoms with van der Waals surface area (Å²) in [6.45, 7) is 11.0. The summed E-state index contributed by atoms with van der Waals surface area (Å²) in [7, 11) is -1.47. The van der Waals surface area contributed by atoms with Crippen molar-refractivity contribution in [1.82, 2.24) is 14.6 Å². The van der Waals surface area contributed by atoms with Gasteiger partial charge in [-0.05, 0) is 19.9 Å². The van der Waals surface area contributed by atoms with Crippen molar-refractivity contribution in [3.8, 4) is 11.5 Å². The van der Waals surface area contributed by atoms with Crippen molar-refractivity contribution in [3.05, 3.63) is 22.0 Å². The third kappa shape index (κ3) is 3.32. The van der Waals surface area contributed by atoms with Crippen LogP contribution in [0.4, 0.5) is 11.8 Å². The minimum absolute atomic E-state index is 0.156. The molecule has 2 heterocycles. The van der Waals surface area contributed by atoms with Crippen molar-refractivity contribution in [3.63, 3.8) is 0 Å². The second kappa shape index (κ2) is 5.26. The molecule has 2 N–H and O–H groups in total. The zero-order valence-electron chi connectivity index (χ0n) is 13.3. The number of hydroxylamine groups is 2. The van der Waals surface area contributed by atoms with Gasteiger partial charge in [-0.25, -0.2) is 4.98 Å². The maximum atomic E-state index is 13.0. The van der Waals surface area contributed by atoms with Gasteiger partial charge in [0.1, 0.15) is 14.6 Å². The maximum Gasteiger partial charge on any atom is 0.240 e. The SMILES string of the molecule is CC[N+]1([O-])CC(C#C[Si](C)(C)C)=Cc2c(C)nc(N)nc21. The van der Waals surface area contributed by atoms with Gasteiger partial charge in [-0.2, -0.15) is 4.98 Å². The Morgan fingerprint density at radius 3 is 2.62 bits per heavy atom. The first-order valence-electron chi connectivity index (χ1n) is 7.11. The van der Waals surface area contributed by atoms with Gasteiger partial charge in [0, 0.05) is 0 Å². The van der Waals surface area contributed by atoms with Crippen LogP contribution in [-0.4, -0.2) is 31.1 Å². The van der Waals surface area contributed by atoms with E-state index in [1.54, 1.807) is 0 Å². The summed E-state index contributed by atoms with van der Waals surface area (Å²) < 4.78 is -0.519. The summed E-state index contributed by atoms with van der Waals surface area (Å²) in [5, 5.41) is 13.0. The van der Waals surface area contributed by atoms with Gasteiger partial charge >= 0.3 is 0 Å². The van der Waals surface area contributed by atoms with Crippen molar-refractivity contribution in [2.45, 2.75) is 33.5 Å². The van der Waals surface area contributed by atoms with Gasteiger partial charge in [-0.3, -0.25) is 0 Å². The number of quaternary nitrogens is 1. The van der Waals surface area contributed by atoms with Crippen LogP contribution >= 0.6 is 0 Å². The Bertz CT molecular complexity index is 667. The molecule has 0 saturated carbocycles. The topological polar surface area (TPSA) is 74.9 Å². The molecule has 112 valence electrons. The van der Waals surface area contributed by atoms with Crippen LogP contribution in [-0.2, 0) is 0 Å². The molecule has 1 aromatic heterocycles. The molecule has 1 aliphatic rings. The van der Waals surface area contributed by atoms with E-state index in [-0.39, 0.29) is 5.95 Å². The number of likely N-dealkylation sites (N-methyl/N-ethyl adjacent to an activating group) is 1. The number of hydrogen-bond acceptors (Lipinski definition) is 4. The lowest BCUT2D eigenvalue weighted by atomic mass is 10.0. The number of nitrogen functional groups attached to an aromatic ring is 1. The largest absolute Gasteiger partial charge is 0.626 e. The number of aromatic nitrogens is 2. The minimum Gasteiger partial charge on any atom is -0.626 e. The minimum atomic E-state index is -1.47. The zero-order valence-corrected chi connectivity index (χ0v) is 14.3. The van der Waals surface area contributed by atoms with Gasteiger partial charge in [0.2, 0.25) is 11.8 Å². The Morgan fingerprint density at radius 2 is 2.05 bits per heavy atom. The fraction of sp³-hybridized carbons (Fsp3) is 0.467. The van der Waals surface area contributed by atoms with Crippen molar-refractivity contribution in [2.24, 2.45) is 0 Å². The van der Waals surface area contributed by atoms with Crippen LogP contribution in [0.3, 0.4) is 0 Å². The highest BCUT2D eigenvalue weighted by Crippen LogP contribution is 2.33. The number of anilines is 1. The molecule has 0 aromatic carbocycles. The number of nitrogens with two attached hydrogens (primary N) is 1. The summed E-state index contributed by atoms with van der Waals surface area (Å²) in [5.41, 5.74) is 11.4. The third-order valence-electron chi connectivity index (χ3n) is 3.37. The quantitative estimate of drug-likeness (QED) is 0.374. The highest BCUT2D eigenvalue weighted by Gasteiger charge is 2.31. The monoisotopic (exact) mass is 302 g/mol. The first-order valence-corrected chi connectivity index (χ1v) is 10.6. The van der Waals surface area contributed by atoms with Crippen LogP contribution in [0.5, 0.6) is 0 Å². The van der Waals surface area contributed by atoms with Crippen molar-refractivity contribution < 1.29 is 0 Å². The summed E-state index contributed by atoms with van der Waals surface area (Å²) >= 11 is 0. The zero-order chi connectivity index (χ0) is 15.8. The molecule has 1 atom stereocenters. The van der Waals surface area contributed by atoms with E-state index in [0.717, 1.165) is 16.8 Å². The van der Waals surface area contributed by atoms with Crippen LogP contribution in [0.2, 0.25) is 19.6 Å². The van der Waals surface area contributed by atoms with Gasteiger partial charge in [0.15, 0.2) is 0 Å². The highest BCUT2D eigenvalue weighted by molar-refractivity contribution is 6.83. The van der Waals surface area contributed by atoms with Crippen LogP contribution in [0.15, 0.2) is 5.57 Å². The Labute approximate surface area is 127 Å². The number of nitrogens with zero attached hydrogens (tertiary/aromatic N) is 3. The Hall–Kier alpha value is -1.68. The Morgan fingerprint density at radius 1 is 1.38 bits per heavy atom. The molecule has 21 heavy (non-hydrogen) atoms. The smallest absolute Gasteiger partial charge is 0.240 e. The number of aryl methyl sites for hydroxylation is 1. The molecule has 0 fully saturated rings. The Balaban J connectivity index is 2.59. The fourth-order valence-electron chi connectivity index (χ4n) is 2.24. The molecule has 0 bridgehead atoms.